The Labute approximate surface area is 128 Å². The molecule has 0 atom stereocenters. The number of anilines is 2. The topological polar surface area (TPSA) is 106 Å². The largest absolute Gasteiger partial charge is 0.324 e. The molecule has 8 nitrogen and oxygen atoms in total. The van der Waals surface area contributed by atoms with Crippen molar-refractivity contribution in [2.24, 2.45) is 0 Å². The summed E-state index contributed by atoms with van der Waals surface area (Å²) in [5.41, 5.74) is 2.73. The molecule has 1 aromatic heterocycles. The van der Waals surface area contributed by atoms with Gasteiger partial charge >= 0.3 is 0 Å². The fourth-order valence-electron chi connectivity index (χ4n) is 1.82. The number of amides is 1. The van der Waals surface area contributed by atoms with Crippen LogP contribution in [0.2, 0.25) is 0 Å². The van der Waals surface area contributed by atoms with Crippen LogP contribution in [0.5, 0.6) is 0 Å². The molecule has 0 radical (unpaired) electrons. The second-order valence-corrected chi connectivity index (χ2v) is 6.79. The molecule has 1 amide bonds. The molecular formula is C13H17N5O3S. The average Bonchev–Trinajstić information content (AvgIpc) is 2.78. The lowest BCUT2D eigenvalue weighted by Gasteiger charge is -2.09. The predicted octanol–water partition coefficient (Wildman–Crippen LogP) is 0.905. The lowest BCUT2D eigenvalue weighted by molar-refractivity contribution is -0.116. The number of rotatable bonds is 5. The molecule has 0 saturated carbocycles. The first-order chi connectivity index (χ1) is 10.2. The van der Waals surface area contributed by atoms with Crippen molar-refractivity contribution < 1.29 is 13.2 Å². The average molecular weight is 323 g/mol. The van der Waals surface area contributed by atoms with E-state index in [2.05, 4.69) is 20.4 Å². The summed E-state index contributed by atoms with van der Waals surface area (Å²) in [7, 11) is -3.42. The second-order valence-electron chi connectivity index (χ2n) is 5.04. The smallest absolute Gasteiger partial charge is 0.246 e. The molecule has 0 aliphatic rings. The molecule has 0 fully saturated rings. The quantitative estimate of drug-likeness (QED) is 0.850. The highest BCUT2D eigenvalue weighted by molar-refractivity contribution is 7.92. The van der Waals surface area contributed by atoms with Crippen LogP contribution in [-0.4, -0.2) is 35.6 Å². The fourth-order valence-corrected chi connectivity index (χ4v) is 2.29. The number of hydrogen-bond acceptors (Lipinski definition) is 5. The summed E-state index contributed by atoms with van der Waals surface area (Å²) >= 11 is 0. The van der Waals surface area contributed by atoms with Gasteiger partial charge in [0.15, 0.2) is 5.82 Å². The van der Waals surface area contributed by atoms with Gasteiger partial charge in [0.1, 0.15) is 6.54 Å². The summed E-state index contributed by atoms with van der Waals surface area (Å²) < 4.78 is 25.6. The van der Waals surface area contributed by atoms with Crippen molar-refractivity contribution in [3.8, 4) is 0 Å². The molecule has 2 rings (SSSR count). The Morgan fingerprint density at radius 1 is 1.32 bits per heavy atom. The van der Waals surface area contributed by atoms with Gasteiger partial charge in [-0.1, -0.05) is 17.3 Å². The van der Waals surface area contributed by atoms with Crippen LogP contribution in [0, 0.1) is 13.8 Å². The highest BCUT2D eigenvalue weighted by atomic mass is 32.2. The van der Waals surface area contributed by atoms with Crippen molar-refractivity contribution in [1.82, 2.24) is 15.0 Å². The third-order valence-electron chi connectivity index (χ3n) is 2.80. The summed E-state index contributed by atoms with van der Waals surface area (Å²) in [6.07, 6.45) is 2.36. The summed E-state index contributed by atoms with van der Waals surface area (Å²) in [5.74, 6) is -0.202. The number of sulfonamides is 1. The lowest BCUT2D eigenvalue weighted by atomic mass is 10.1. The Kier molecular flexibility index (Phi) is 4.45. The minimum absolute atomic E-state index is 0.0637. The predicted molar refractivity (Wildman–Crippen MR) is 83.0 cm³/mol. The second kappa shape index (κ2) is 6.14. The Morgan fingerprint density at radius 3 is 2.73 bits per heavy atom. The van der Waals surface area contributed by atoms with E-state index in [9.17, 15) is 13.2 Å². The van der Waals surface area contributed by atoms with Gasteiger partial charge in [-0.05, 0) is 31.0 Å². The number of hydrogen-bond donors (Lipinski definition) is 2. The van der Waals surface area contributed by atoms with E-state index >= 15 is 0 Å². The number of aromatic nitrogens is 3. The maximum Gasteiger partial charge on any atom is 0.246 e. The highest BCUT2D eigenvalue weighted by Crippen LogP contribution is 2.16. The zero-order valence-electron chi connectivity index (χ0n) is 12.5. The summed E-state index contributed by atoms with van der Waals surface area (Å²) in [4.78, 5) is 12.0. The number of nitrogens with zero attached hydrogens (tertiary/aromatic N) is 3. The van der Waals surface area contributed by atoms with Crippen molar-refractivity contribution in [2.75, 3.05) is 16.3 Å². The first kappa shape index (κ1) is 16.0. The minimum Gasteiger partial charge on any atom is -0.324 e. The summed E-state index contributed by atoms with van der Waals surface area (Å²) in [6, 6.07) is 5.77. The molecule has 1 heterocycles. The standard InChI is InChI=1S/C13H17N5O3S/c1-9-4-5-10(2)11(6-9)14-13(19)8-18-7-12(15-17-18)16-22(3,20)21/h4-7,16H,8H2,1-3H3,(H,14,19). The molecule has 2 aromatic rings. The van der Waals surface area contributed by atoms with Crippen LogP contribution in [0.3, 0.4) is 0 Å². The maximum absolute atomic E-state index is 12.0. The SMILES string of the molecule is Cc1ccc(C)c(NC(=O)Cn2cc(NS(C)(=O)=O)nn2)c1. The van der Waals surface area contributed by atoms with Crippen molar-refractivity contribution in [2.45, 2.75) is 20.4 Å². The Balaban J connectivity index is 2.02. The molecule has 0 bridgehead atoms. The zero-order valence-corrected chi connectivity index (χ0v) is 13.3. The molecule has 2 N–H and O–H groups in total. The van der Waals surface area contributed by atoms with Gasteiger partial charge in [0, 0.05) is 5.69 Å². The van der Waals surface area contributed by atoms with Gasteiger partial charge in [0.2, 0.25) is 15.9 Å². The number of benzene rings is 1. The van der Waals surface area contributed by atoms with E-state index < -0.39 is 10.0 Å². The van der Waals surface area contributed by atoms with E-state index in [-0.39, 0.29) is 18.3 Å². The molecule has 22 heavy (non-hydrogen) atoms. The van der Waals surface area contributed by atoms with Crippen LogP contribution in [0.15, 0.2) is 24.4 Å². The van der Waals surface area contributed by atoms with E-state index in [1.807, 2.05) is 32.0 Å². The zero-order chi connectivity index (χ0) is 16.3. The van der Waals surface area contributed by atoms with E-state index in [1.165, 1.54) is 10.9 Å². The third-order valence-corrected chi connectivity index (χ3v) is 3.38. The molecule has 0 aliphatic heterocycles. The molecule has 9 heteroatoms. The van der Waals surface area contributed by atoms with E-state index in [4.69, 9.17) is 0 Å². The van der Waals surface area contributed by atoms with E-state index in [0.717, 1.165) is 23.1 Å². The van der Waals surface area contributed by atoms with Crippen LogP contribution in [-0.2, 0) is 21.4 Å². The molecular weight excluding hydrogens is 306 g/mol. The van der Waals surface area contributed by atoms with E-state index in [1.54, 1.807) is 0 Å². The maximum atomic E-state index is 12.0. The summed E-state index contributed by atoms with van der Waals surface area (Å²) in [6.45, 7) is 3.78. The molecule has 0 spiro atoms. The van der Waals surface area contributed by atoms with Gasteiger partial charge in [-0.25, -0.2) is 13.1 Å². The molecule has 118 valence electrons. The first-order valence-corrected chi connectivity index (χ1v) is 8.37. The van der Waals surface area contributed by atoms with Gasteiger partial charge in [-0.3, -0.25) is 9.52 Å². The lowest BCUT2D eigenvalue weighted by Crippen LogP contribution is -2.19. The number of nitrogens with one attached hydrogen (secondary N) is 2. The highest BCUT2D eigenvalue weighted by Gasteiger charge is 2.10. The van der Waals surface area contributed by atoms with Crippen LogP contribution >= 0.6 is 0 Å². The van der Waals surface area contributed by atoms with Crippen LogP contribution in [0.1, 0.15) is 11.1 Å². The monoisotopic (exact) mass is 323 g/mol. The normalized spacial score (nSPS) is 11.2. The van der Waals surface area contributed by atoms with Crippen molar-refractivity contribution in [1.29, 1.82) is 0 Å². The van der Waals surface area contributed by atoms with Gasteiger partial charge in [-0.15, -0.1) is 5.10 Å². The molecule has 0 saturated heterocycles. The van der Waals surface area contributed by atoms with Crippen molar-refractivity contribution >= 4 is 27.4 Å². The Morgan fingerprint density at radius 2 is 2.05 bits per heavy atom. The fraction of sp³-hybridized carbons (Fsp3) is 0.308. The molecule has 1 aromatic carbocycles. The van der Waals surface area contributed by atoms with Crippen molar-refractivity contribution in [3.63, 3.8) is 0 Å². The summed E-state index contributed by atoms with van der Waals surface area (Å²) in [5, 5.41) is 10.1. The van der Waals surface area contributed by atoms with Crippen LogP contribution in [0.4, 0.5) is 11.5 Å². The number of aryl methyl sites for hydroxylation is 2. The van der Waals surface area contributed by atoms with Gasteiger partial charge < -0.3 is 5.32 Å². The Hall–Kier alpha value is -2.42. The minimum atomic E-state index is -3.42. The van der Waals surface area contributed by atoms with Gasteiger partial charge in [0.05, 0.1) is 12.5 Å². The van der Waals surface area contributed by atoms with Crippen LogP contribution < -0.4 is 10.0 Å². The third kappa shape index (κ3) is 4.55. The van der Waals surface area contributed by atoms with Gasteiger partial charge in [0.25, 0.3) is 0 Å². The first-order valence-electron chi connectivity index (χ1n) is 6.48. The Bertz CT molecular complexity index is 798. The van der Waals surface area contributed by atoms with Gasteiger partial charge in [-0.2, -0.15) is 0 Å². The number of carbonyl (C=O) groups excluding carboxylic acids is 1. The van der Waals surface area contributed by atoms with Crippen LogP contribution in [0.25, 0.3) is 0 Å². The van der Waals surface area contributed by atoms with E-state index in [0.29, 0.717) is 0 Å². The van der Waals surface area contributed by atoms with Crippen molar-refractivity contribution in [3.05, 3.63) is 35.5 Å². The molecule has 0 aliphatic carbocycles. The molecule has 0 unspecified atom stereocenters. The number of carbonyl (C=O) groups is 1.